The second-order valence-corrected chi connectivity index (χ2v) is 6.12. The van der Waals surface area contributed by atoms with Crippen molar-refractivity contribution < 1.29 is 9.90 Å². The molecule has 114 valence electrons. The Bertz CT molecular complexity index is 666. The molecule has 0 aliphatic rings. The molecule has 0 amide bonds. The zero-order valence-electron chi connectivity index (χ0n) is 13.0. The molecule has 0 aromatic heterocycles. The van der Waals surface area contributed by atoms with Crippen LogP contribution in [0, 0.1) is 0 Å². The molecule has 0 saturated heterocycles. The zero-order chi connectivity index (χ0) is 16.2. The third-order valence-electron chi connectivity index (χ3n) is 3.32. The summed E-state index contributed by atoms with van der Waals surface area (Å²) in [4.78, 5) is 10.8. The van der Waals surface area contributed by atoms with Crippen LogP contribution in [0.25, 0.3) is 0 Å². The summed E-state index contributed by atoms with van der Waals surface area (Å²) in [6.45, 7) is 6.54. The van der Waals surface area contributed by atoms with Crippen LogP contribution in [0.3, 0.4) is 0 Å². The Morgan fingerprint density at radius 1 is 1.05 bits per heavy atom. The number of anilines is 1. The van der Waals surface area contributed by atoms with Crippen LogP contribution in [-0.4, -0.2) is 17.3 Å². The molecule has 4 heteroatoms. The normalized spacial score (nSPS) is 11.6. The number of nitrogens with one attached hydrogen (secondary N) is 1. The quantitative estimate of drug-likeness (QED) is 0.658. The molecule has 0 spiro atoms. The summed E-state index contributed by atoms with van der Waals surface area (Å²) in [6, 6.07) is 14.7. The van der Waals surface area contributed by atoms with E-state index >= 15 is 0 Å². The second kappa shape index (κ2) is 6.43. The van der Waals surface area contributed by atoms with Crippen LogP contribution in [0.5, 0.6) is 0 Å². The Balaban J connectivity index is 1.99. The highest BCUT2D eigenvalue weighted by atomic mass is 16.4. The molecule has 0 radical (unpaired) electrons. The summed E-state index contributed by atoms with van der Waals surface area (Å²) in [5, 5.41) is 13.0. The average molecular weight is 296 g/mol. The molecule has 0 saturated carbocycles. The Hall–Kier alpha value is -2.62. The van der Waals surface area contributed by atoms with Crippen LogP contribution < -0.4 is 5.43 Å². The number of carboxylic acid groups (broad SMARTS) is 1. The Morgan fingerprint density at radius 2 is 1.64 bits per heavy atom. The van der Waals surface area contributed by atoms with E-state index in [4.69, 9.17) is 5.11 Å². The Morgan fingerprint density at radius 3 is 2.14 bits per heavy atom. The molecule has 0 fully saturated rings. The number of aromatic carboxylic acids is 1. The zero-order valence-corrected chi connectivity index (χ0v) is 13.0. The third kappa shape index (κ3) is 4.19. The molecule has 0 unspecified atom stereocenters. The fraction of sp³-hybridized carbons (Fsp3) is 0.222. The van der Waals surface area contributed by atoms with Gasteiger partial charge in [-0.25, -0.2) is 4.79 Å². The van der Waals surface area contributed by atoms with Crippen LogP contribution >= 0.6 is 0 Å². The molecule has 2 N–H and O–H groups in total. The number of hydrogen-bond acceptors (Lipinski definition) is 3. The minimum absolute atomic E-state index is 0.139. The van der Waals surface area contributed by atoms with Gasteiger partial charge in [0.25, 0.3) is 0 Å². The highest BCUT2D eigenvalue weighted by Gasteiger charge is 2.12. The van der Waals surface area contributed by atoms with Crippen LogP contribution in [0.4, 0.5) is 5.69 Å². The maximum absolute atomic E-state index is 10.8. The number of carbonyl (C=O) groups is 1. The molecule has 22 heavy (non-hydrogen) atoms. The van der Waals surface area contributed by atoms with Crippen molar-refractivity contribution in [2.24, 2.45) is 5.10 Å². The lowest BCUT2D eigenvalue weighted by Crippen LogP contribution is -2.10. The highest BCUT2D eigenvalue weighted by molar-refractivity contribution is 5.88. The van der Waals surface area contributed by atoms with Crippen LogP contribution in [0.1, 0.15) is 42.3 Å². The van der Waals surface area contributed by atoms with E-state index in [0.717, 1.165) is 11.3 Å². The van der Waals surface area contributed by atoms with E-state index in [9.17, 15) is 4.79 Å². The van der Waals surface area contributed by atoms with Gasteiger partial charge in [-0.3, -0.25) is 5.43 Å². The molecule has 2 rings (SSSR count). The molecule has 2 aromatic rings. The lowest BCUT2D eigenvalue weighted by molar-refractivity contribution is 0.0697. The van der Waals surface area contributed by atoms with Gasteiger partial charge < -0.3 is 5.11 Å². The largest absolute Gasteiger partial charge is 0.478 e. The molecule has 0 aliphatic carbocycles. The van der Waals surface area contributed by atoms with Gasteiger partial charge in [0, 0.05) is 0 Å². The first-order valence-corrected chi connectivity index (χ1v) is 7.09. The first-order chi connectivity index (χ1) is 10.4. The maximum atomic E-state index is 10.8. The summed E-state index contributed by atoms with van der Waals surface area (Å²) in [7, 11) is 0. The van der Waals surface area contributed by atoms with Crippen LogP contribution in [0.2, 0.25) is 0 Å². The lowest BCUT2D eigenvalue weighted by atomic mass is 9.87. The SMILES string of the molecule is CC(C)(C)c1ccc(/C=N\Nc2ccc(C(=O)O)cc2)cc1. The number of rotatable bonds is 4. The molecule has 4 nitrogen and oxygen atoms in total. The molecule has 0 bridgehead atoms. The summed E-state index contributed by atoms with van der Waals surface area (Å²) >= 11 is 0. The molecule has 0 atom stereocenters. The topological polar surface area (TPSA) is 61.7 Å². The van der Waals surface area contributed by atoms with Crippen molar-refractivity contribution in [3.05, 3.63) is 65.2 Å². The predicted octanol–water partition coefficient (Wildman–Crippen LogP) is 4.13. The van der Waals surface area contributed by atoms with E-state index in [1.165, 1.54) is 17.7 Å². The van der Waals surface area contributed by atoms with Crippen molar-refractivity contribution >= 4 is 17.9 Å². The van der Waals surface area contributed by atoms with Gasteiger partial charge in [-0.1, -0.05) is 45.0 Å². The van der Waals surface area contributed by atoms with Gasteiger partial charge in [-0.15, -0.1) is 0 Å². The van der Waals surface area contributed by atoms with Crippen molar-refractivity contribution in [1.29, 1.82) is 0 Å². The van der Waals surface area contributed by atoms with Crippen molar-refractivity contribution in [3.63, 3.8) is 0 Å². The van der Waals surface area contributed by atoms with E-state index < -0.39 is 5.97 Å². The average Bonchev–Trinajstić information content (AvgIpc) is 2.47. The first kappa shape index (κ1) is 15.8. The van der Waals surface area contributed by atoms with Gasteiger partial charge in [-0.05, 0) is 40.8 Å². The number of nitrogens with zero attached hydrogens (tertiary/aromatic N) is 1. The molecular weight excluding hydrogens is 276 g/mol. The van der Waals surface area contributed by atoms with E-state index in [1.54, 1.807) is 18.3 Å². The minimum Gasteiger partial charge on any atom is -0.478 e. The van der Waals surface area contributed by atoms with E-state index in [1.807, 2.05) is 12.1 Å². The lowest BCUT2D eigenvalue weighted by Gasteiger charge is -2.18. The Labute approximate surface area is 130 Å². The van der Waals surface area contributed by atoms with Gasteiger partial charge in [-0.2, -0.15) is 5.10 Å². The number of hydrogen-bond donors (Lipinski definition) is 2. The van der Waals surface area contributed by atoms with Gasteiger partial charge in [0.1, 0.15) is 0 Å². The monoisotopic (exact) mass is 296 g/mol. The standard InChI is InChI=1S/C18H20N2O2/c1-18(2,3)15-8-4-13(5-9-15)12-19-20-16-10-6-14(7-11-16)17(21)22/h4-12,20H,1-3H3,(H,21,22)/b19-12-. The molecule has 0 aliphatic heterocycles. The van der Waals surface area contributed by atoms with Gasteiger partial charge in [0.05, 0.1) is 17.5 Å². The maximum Gasteiger partial charge on any atom is 0.335 e. The number of benzene rings is 2. The van der Waals surface area contributed by atoms with Crippen LogP contribution in [0.15, 0.2) is 53.6 Å². The first-order valence-electron chi connectivity index (χ1n) is 7.09. The minimum atomic E-state index is -0.936. The second-order valence-electron chi connectivity index (χ2n) is 6.12. The van der Waals surface area contributed by atoms with Gasteiger partial charge in [0.15, 0.2) is 0 Å². The Kier molecular flexibility index (Phi) is 4.61. The fourth-order valence-corrected chi connectivity index (χ4v) is 1.94. The molecule has 2 aromatic carbocycles. The van der Waals surface area contributed by atoms with E-state index in [0.29, 0.717) is 0 Å². The van der Waals surface area contributed by atoms with E-state index in [2.05, 4.69) is 43.4 Å². The third-order valence-corrected chi connectivity index (χ3v) is 3.32. The number of hydrazone groups is 1. The van der Waals surface area contributed by atoms with Crippen molar-refractivity contribution in [2.45, 2.75) is 26.2 Å². The van der Waals surface area contributed by atoms with Gasteiger partial charge >= 0.3 is 5.97 Å². The van der Waals surface area contributed by atoms with Crippen LogP contribution in [-0.2, 0) is 5.41 Å². The summed E-state index contributed by atoms with van der Waals surface area (Å²) in [5.41, 5.74) is 6.30. The molecular formula is C18H20N2O2. The summed E-state index contributed by atoms with van der Waals surface area (Å²) < 4.78 is 0. The summed E-state index contributed by atoms with van der Waals surface area (Å²) in [6.07, 6.45) is 1.73. The molecule has 0 heterocycles. The highest BCUT2D eigenvalue weighted by Crippen LogP contribution is 2.21. The smallest absolute Gasteiger partial charge is 0.335 e. The summed E-state index contributed by atoms with van der Waals surface area (Å²) in [5.74, 6) is -0.936. The number of carboxylic acids is 1. The van der Waals surface area contributed by atoms with E-state index in [-0.39, 0.29) is 11.0 Å². The van der Waals surface area contributed by atoms with Crippen molar-refractivity contribution in [3.8, 4) is 0 Å². The van der Waals surface area contributed by atoms with Gasteiger partial charge in [0.2, 0.25) is 0 Å². The predicted molar refractivity (Wildman–Crippen MR) is 89.8 cm³/mol. The van der Waals surface area contributed by atoms with Crippen molar-refractivity contribution in [2.75, 3.05) is 5.43 Å². The fourth-order valence-electron chi connectivity index (χ4n) is 1.94. The van der Waals surface area contributed by atoms with Crippen molar-refractivity contribution in [1.82, 2.24) is 0 Å².